The van der Waals surface area contributed by atoms with E-state index in [4.69, 9.17) is 0 Å². The van der Waals surface area contributed by atoms with Gasteiger partial charge in [0.2, 0.25) is 16.0 Å². The fraction of sp³-hybridized carbons (Fsp3) is 0.524. The van der Waals surface area contributed by atoms with E-state index in [1.807, 2.05) is 39.0 Å². The summed E-state index contributed by atoms with van der Waals surface area (Å²) < 4.78 is 28.4. The van der Waals surface area contributed by atoms with Crippen LogP contribution in [-0.2, 0) is 10.0 Å². The third-order valence-electron chi connectivity index (χ3n) is 6.21. The quantitative estimate of drug-likeness (QED) is 0.834. The highest BCUT2D eigenvalue weighted by atomic mass is 32.2. The van der Waals surface area contributed by atoms with Crippen molar-refractivity contribution in [3.05, 3.63) is 47.3 Å². The van der Waals surface area contributed by atoms with Crippen LogP contribution in [0.4, 0.5) is 5.95 Å². The highest BCUT2D eigenvalue weighted by Crippen LogP contribution is 2.53. The minimum absolute atomic E-state index is 0.0954. The summed E-state index contributed by atoms with van der Waals surface area (Å²) in [6.45, 7) is 9.18. The number of fused-ring (bicyclic) bond motifs is 1. The van der Waals surface area contributed by atoms with Crippen molar-refractivity contribution >= 4 is 16.0 Å². The van der Waals surface area contributed by atoms with Crippen molar-refractivity contribution in [1.82, 2.24) is 14.3 Å². The van der Waals surface area contributed by atoms with E-state index < -0.39 is 10.0 Å². The summed E-state index contributed by atoms with van der Waals surface area (Å²) in [4.78, 5) is 9.23. The van der Waals surface area contributed by atoms with Crippen molar-refractivity contribution < 1.29 is 8.42 Å². The van der Waals surface area contributed by atoms with Gasteiger partial charge in [-0.25, -0.2) is 18.4 Å². The molecule has 1 saturated carbocycles. The molecule has 2 aromatic rings. The van der Waals surface area contributed by atoms with Gasteiger partial charge in [0.25, 0.3) is 0 Å². The maximum atomic E-state index is 13.4. The van der Waals surface area contributed by atoms with Gasteiger partial charge in [-0.05, 0) is 63.1 Å². The van der Waals surface area contributed by atoms with Gasteiger partial charge in [-0.2, -0.15) is 4.31 Å². The fourth-order valence-corrected chi connectivity index (χ4v) is 6.13. The molecule has 0 spiro atoms. The largest absolute Gasteiger partial charge is 0.353 e. The molecule has 4 atom stereocenters. The molecule has 0 radical (unpaired) electrons. The molecular formula is C21H28N4O2S. The van der Waals surface area contributed by atoms with Gasteiger partial charge in [0.1, 0.15) is 0 Å². The first kappa shape index (κ1) is 19.3. The number of sulfonamides is 1. The third kappa shape index (κ3) is 3.65. The second-order valence-electron chi connectivity index (χ2n) is 8.32. The Labute approximate surface area is 167 Å². The van der Waals surface area contributed by atoms with E-state index in [0.29, 0.717) is 41.7 Å². The molecule has 4 rings (SSSR count). The highest BCUT2D eigenvalue weighted by Gasteiger charge is 2.54. The first-order valence-electron chi connectivity index (χ1n) is 9.90. The minimum Gasteiger partial charge on any atom is -0.353 e. The molecule has 1 aliphatic heterocycles. The number of aryl methyl sites for hydroxylation is 3. The Morgan fingerprint density at radius 1 is 1.07 bits per heavy atom. The average molecular weight is 401 g/mol. The third-order valence-corrected chi connectivity index (χ3v) is 8.14. The molecule has 1 aromatic carbocycles. The smallest absolute Gasteiger partial charge is 0.243 e. The molecule has 28 heavy (non-hydrogen) atoms. The molecule has 0 bridgehead atoms. The Balaban J connectivity index is 1.57. The SMILES string of the molecule is Cc1ccc(S(=O)(=O)N2C[C@@H]3[C@H](C)[C@@H]3C[C@H]2CNc2nc(C)cc(C)n2)cc1. The summed E-state index contributed by atoms with van der Waals surface area (Å²) in [5.74, 6) is 2.26. The molecule has 7 heteroatoms. The Morgan fingerprint density at radius 3 is 2.36 bits per heavy atom. The van der Waals surface area contributed by atoms with Crippen LogP contribution in [0.5, 0.6) is 0 Å². The first-order valence-corrected chi connectivity index (χ1v) is 11.3. The lowest BCUT2D eigenvalue weighted by Crippen LogP contribution is -2.48. The van der Waals surface area contributed by atoms with Crippen LogP contribution < -0.4 is 5.32 Å². The number of hydrogen-bond donors (Lipinski definition) is 1. The van der Waals surface area contributed by atoms with E-state index in [2.05, 4.69) is 22.2 Å². The van der Waals surface area contributed by atoms with Gasteiger partial charge in [0.15, 0.2) is 0 Å². The second-order valence-corrected chi connectivity index (χ2v) is 10.2. The van der Waals surface area contributed by atoms with Crippen LogP contribution in [0.25, 0.3) is 0 Å². The topological polar surface area (TPSA) is 75.2 Å². The van der Waals surface area contributed by atoms with Crippen LogP contribution in [0, 0.1) is 38.5 Å². The van der Waals surface area contributed by atoms with E-state index in [0.717, 1.165) is 23.4 Å². The molecule has 1 aliphatic carbocycles. The molecule has 2 aliphatic rings. The van der Waals surface area contributed by atoms with Crippen LogP contribution in [0.1, 0.15) is 30.3 Å². The van der Waals surface area contributed by atoms with Crippen LogP contribution in [0.3, 0.4) is 0 Å². The molecule has 6 nitrogen and oxygen atoms in total. The highest BCUT2D eigenvalue weighted by molar-refractivity contribution is 7.89. The van der Waals surface area contributed by atoms with E-state index in [1.165, 1.54) is 0 Å². The number of hydrogen-bond acceptors (Lipinski definition) is 5. The maximum absolute atomic E-state index is 13.4. The summed E-state index contributed by atoms with van der Waals surface area (Å²) in [5.41, 5.74) is 2.86. The molecule has 1 aromatic heterocycles. The van der Waals surface area contributed by atoms with Gasteiger partial charge >= 0.3 is 0 Å². The standard InChI is InChI=1S/C21H28N4O2S/c1-13-5-7-18(8-6-13)28(26,27)25-12-20-16(4)19(20)10-17(25)11-22-21-23-14(2)9-15(3)24-21/h5-9,16-17,19-20H,10-12H2,1-4H3,(H,22,23,24)/t16-,17+,19+,20-/m1/s1. The summed E-state index contributed by atoms with van der Waals surface area (Å²) in [7, 11) is -3.53. The minimum atomic E-state index is -3.53. The lowest BCUT2D eigenvalue weighted by atomic mass is 10.0. The van der Waals surface area contributed by atoms with Crippen LogP contribution in [0.2, 0.25) is 0 Å². The predicted molar refractivity (Wildman–Crippen MR) is 110 cm³/mol. The van der Waals surface area contributed by atoms with E-state index in [1.54, 1.807) is 16.4 Å². The Bertz CT molecular complexity index is 954. The molecule has 2 heterocycles. The van der Waals surface area contributed by atoms with Gasteiger partial charge in [-0.1, -0.05) is 24.6 Å². The van der Waals surface area contributed by atoms with Crippen molar-refractivity contribution in [2.75, 3.05) is 18.4 Å². The zero-order chi connectivity index (χ0) is 20.1. The normalized spacial score (nSPS) is 27.3. The molecule has 2 fully saturated rings. The van der Waals surface area contributed by atoms with Crippen molar-refractivity contribution in [3.63, 3.8) is 0 Å². The van der Waals surface area contributed by atoms with E-state index in [-0.39, 0.29) is 6.04 Å². The Hall–Kier alpha value is -1.99. The van der Waals surface area contributed by atoms with E-state index in [9.17, 15) is 8.42 Å². The number of nitrogens with one attached hydrogen (secondary N) is 1. The number of aromatic nitrogens is 2. The zero-order valence-electron chi connectivity index (χ0n) is 16.9. The second kappa shape index (κ2) is 7.12. The average Bonchev–Trinajstić information content (AvgIpc) is 3.27. The number of nitrogens with zero attached hydrogens (tertiary/aromatic N) is 3. The number of anilines is 1. The summed E-state index contributed by atoms with van der Waals surface area (Å²) in [5, 5.41) is 3.28. The number of benzene rings is 1. The van der Waals surface area contributed by atoms with Gasteiger partial charge in [0, 0.05) is 30.5 Å². The molecule has 150 valence electrons. The van der Waals surface area contributed by atoms with Gasteiger partial charge in [-0.3, -0.25) is 0 Å². The molecule has 1 saturated heterocycles. The van der Waals surface area contributed by atoms with Crippen molar-refractivity contribution in [2.24, 2.45) is 17.8 Å². The van der Waals surface area contributed by atoms with Crippen LogP contribution in [0.15, 0.2) is 35.2 Å². The van der Waals surface area contributed by atoms with Gasteiger partial charge < -0.3 is 5.32 Å². The molecule has 1 N–H and O–H groups in total. The fourth-order valence-electron chi connectivity index (χ4n) is 4.46. The van der Waals surface area contributed by atoms with Crippen LogP contribution >= 0.6 is 0 Å². The maximum Gasteiger partial charge on any atom is 0.243 e. The van der Waals surface area contributed by atoms with Crippen molar-refractivity contribution in [1.29, 1.82) is 0 Å². The summed E-state index contributed by atoms with van der Waals surface area (Å²) in [6, 6.07) is 8.97. The first-order chi connectivity index (χ1) is 13.3. The number of piperidine rings is 1. The van der Waals surface area contributed by atoms with Gasteiger partial charge in [0.05, 0.1) is 4.90 Å². The number of rotatable bonds is 5. The lowest BCUT2D eigenvalue weighted by molar-refractivity contribution is 0.251. The van der Waals surface area contributed by atoms with Crippen molar-refractivity contribution in [2.45, 2.75) is 45.1 Å². The predicted octanol–water partition coefficient (Wildman–Crippen LogP) is 3.16. The zero-order valence-corrected chi connectivity index (χ0v) is 17.7. The molecule has 0 unspecified atom stereocenters. The summed E-state index contributed by atoms with van der Waals surface area (Å²) in [6.07, 6.45) is 0.884. The summed E-state index contributed by atoms with van der Waals surface area (Å²) >= 11 is 0. The Kier molecular flexibility index (Phi) is 4.91. The van der Waals surface area contributed by atoms with Crippen molar-refractivity contribution in [3.8, 4) is 0 Å². The van der Waals surface area contributed by atoms with E-state index >= 15 is 0 Å². The monoisotopic (exact) mass is 400 g/mol. The molecular weight excluding hydrogens is 372 g/mol. The Morgan fingerprint density at radius 2 is 1.71 bits per heavy atom. The van der Waals surface area contributed by atoms with Gasteiger partial charge in [-0.15, -0.1) is 0 Å². The van der Waals surface area contributed by atoms with Crippen LogP contribution in [-0.4, -0.2) is 41.8 Å². The lowest BCUT2D eigenvalue weighted by Gasteiger charge is -2.34. The molecule has 0 amide bonds.